The Morgan fingerprint density at radius 2 is 1.73 bits per heavy atom. The first-order chi connectivity index (χ1) is 5.02. The van der Waals surface area contributed by atoms with Crippen LogP contribution in [0.25, 0.3) is 0 Å². The first-order valence-electron chi connectivity index (χ1n) is 4.85. The van der Waals surface area contributed by atoms with Crippen molar-refractivity contribution in [1.82, 2.24) is 0 Å². The summed E-state index contributed by atoms with van der Waals surface area (Å²) >= 11 is 0. The normalized spacial score (nSPS) is 47.7. The van der Waals surface area contributed by atoms with E-state index in [9.17, 15) is 0 Å². The van der Waals surface area contributed by atoms with E-state index in [1.165, 1.54) is 37.0 Å². The van der Waals surface area contributed by atoms with Crippen LogP contribution in [0.2, 0.25) is 0 Å². The first-order valence-corrected chi connectivity index (χ1v) is 4.85. The van der Waals surface area contributed by atoms with E-state index in [0.29, 0.717) is 5.41 Å². The van der Waals surface area contributed by atoms with Gasteiger partial charge in [-0.25, -0.2) is 0 Å². The number of rotatable bonds is 0. The molecule has 2 bridgehead atoms. The smallest absolute Gasteiger partial charge is 0.0839 e. The molecule has 0 atom stereocenters. The standard InChI is InChI=1S/C10H20N/c1-10(2)8-11(3)6-4-9(10)5-7-11/h9H,4-8H2,1-3H3/q+1. The number of fused-ring (bicyclic) bond motifs is 3. The third-order valence-corrected chi connectivity index (χ3v) is 3.93. The van der Waals surface area contributed by atoms with Crippen LogP contribution in [-0.2, 0) is 0 Å². The van der Waals surface area contributed by atoms with Crippen molar-refractivity contribution < 1.29 is 4.48 Å². The number of quaternary nitrogens is 1. The summed E-state index contributed by atoms with van der Waals surface area (Å²) < 4.78 is 1.35. The maximum absolute atomic E-state index is 2.45. The van der Waals surface area contributed by atoms with Gasteiger partial charge in [-0.2, -0.15) is 0 Å². The fourth-order valence-corrected chi connectivity index (χ4v) is 3.24. The van der Waals surface area contributed by atoms with Crippen LogP contribution >= 0.6 is 0 Å². The molecule has 3 saturated heterocycles. The SMILES string of the molecule is CC1(C)C[N+]2(C)CCC1CC2. The lowest BCUT2D eigenvalue weighted by molar-refractivity contribution is -0.933. The molecule has 0 aromatic rings. The lowest BCUT2D eigenvalue weighted by atomic mass is 9.68. The van der Waals surface area contributed by atoms with Crippen molar-refractivity contribution in [2.45, 2.75) is 26.7 Å². The lowest BCUT2D eigenvalue weighted by Crippen LogP contribution is -2.62. The summed E-state index contributed by atoms with van der Waals surface area (Å²) in [6, 6.07) is 0. The van der Waals surface area contributed by atoms with Crippen molar-refractivity contribution in [3.8, 4) is 0 Å². The fraction of sp³-hybridized carbons (Fsp3) is 1.00. The van der Waals surface area contributed by atoms with Crippen LogP contribution in [-0.4, -0.2) is 31.2 Å². The van der Waals surface area contributed by atoms with Gasteiger partial charge in [0.2, 0.25) is 0 Å². The predicted octanol–water partition coefficient (Wildman–Crippen LogP) is 1.88. The summed E-state index contributed by atoms with van der Waals surface area (Å²) in [6.07, 6.45) is 2.95. The molecule has 3 fully saturated rings. The molecule has 3 heterocycles. The molecule has 0 aromatic carbocycles. The van der Waals surface area contributed by atoms with Gasteiger partial charge in [-0.05, 0) is 5.92 Å². The van der Waals surface area contributed by atoms with Crippen LogP contribution in [0.1, 0.15) is 26.7 Å². The maximum atomic E-state index is 2.45. The van der Waals surface area contributed by atoms with Crippen LogP contribution in [0.5, 0.6) is 0 Å². The average Bonchev–Trinajstić information content (AvgIpc) is 1.84. The van der Waals surface area contributed by atoms with Crippen molar-refractivity contribution in [3.63, 3.8) is 0 Å². The average molecular weight is 154 g/mol. The quantitative estimate of drug-likeness (QED) is 0.467. The van der Waals surface area contributed by atoms with E-state index in [1.54, 1.807) is 0 Å². The van der Waals surface area contributed by atoms with Crippen LogP contribution in [0.3, 0.4) is 0 Å². The van der Waals surface area contributed by atoms with E-state index in [1.807, 2.05) is 0 Å². The van der Waals surface area contributed by atoms with Crippen LogP contribution < -0.4 is 0 Å². The van der Waals surface area contributed by atoms with Crippen LogP contribution in [0.4, 0.5) is 0 Å². The first kappa shape index (κ1) is 7.60. The molecule has 0 saturated carbocycles. The van der Waals surface area contributed by atoms with E-state index in [2.05, 4.69) is 20.9 Å². The number of nitrogens with zero attached hydrogens (tertiary/aromatic N) is 1. The zero-order valence-corrected chi connectivity index (χ0v) is 8.06. The zero-order chi connectivity index (χ0) is 8.11. The van der Waals surface area contributed by atoms with Gasteiger partial charge in [-0.15, -0.1) is 0 Å². The zero-order valence-electron chi connectivity index (χ0n) is 8.06. The Morgan fingerprint density at radius 1 is 1.18 bits per heavy atom. The minimum Gasteiger partial charge on any atom is -0.326 e. The van der Waals surface area contributed by atoms with E-state index in [0.717, 1.165) is 5.92 Å². The van der Waals surface area contributed by atoms with Crippen LogP contribution in [0.15, 0.2) is 0 Å². The monoisotopic (exact) mass is 154 g/mol. The Hall–Kier alpha value is -0.0400. The van der Waals surface area contributed by atoms with Gasteiger partial charge in [0, 0.05) is 18.3 Å². The summed E-state index contributed by atoms with van der Waals surface area (Å²) in [5, 5.41) is 0. The molecule has 3 aliphatic heterocycles. The second-order valence-corrected chi connectivity index (χ2v) is 5.49. The highest BCUT2D eigenvalue weighted by Crippen LogP contribution is 2.44. The molecule has 1 nitrogen and oxygen atoms in total. The number of hydrogen-bond donors (Lipinski definition) is 0. The predicted molar refractivity (Wildman–Crippen MR) is 47.3 cm³/mol. The molecule has 1 heteroatoms. The summed E-state index contributed by atoms with van der Waals surface area (Å²) in [6.45, 7) is 9.19. The third-order valence-electron chi connectivity index (χ3n) is 3.93. The van der Waals surface area contributed by atoms with Crippen molar-refractivity contribution in [3.05, 3.63) is 0 Å². The topological polar surface area (TPSA) is 0 Å². The Labute approximate surface area is 70.0 Å². The van der Waals surface area contributed by atoms with E-state index < -0.39 is 0 Å². The molecule has 3 rings (SSSR count). The highest BCUT2D eigenvalue weighted by molar-refractivity contribution is 4.85. The molecule has 0 spiro atoms. The minimum absolute atomic E-state index is 0.630. The number of piperidine rings is 3. The minimum atomic E-state index is 0.630. The Balaban J connectivity index is 2.22. The molecule has 11 heavy (non-hydrogen) atoms. The lowest BCUT2D eigenvalue weighted by Gasteiger charge is -2.54. The second-order valence-electron chi connectivity index (χ2n) is 5.49. The van der Waals surface area contributed by atoms with E-state index in [-0.39, 0.29) is 0 Å². The van der Waals surface area contributed by atoms with Gasteiger partial charge >= 0.3 is 0 Å². The van der Waals surface area contributed by atoms with Crippen molar-refractivity contribution >= 4 is 0 Å². The molecule has 0 amide bonds. The highest BCUT2D eigenvalue weighted by atomic mass is 15.4. The second kappa shape index (κ2) is 2.01. The van der Waals surface area contributed by atoms with Gasteiger partial charge in [0.1, 0.15) is 0 Å². The summed E-state index contributed by atoms with van der Waals surface area (Å²) in [4.78, 5) is 0. The van der Waals surface area contributed by atoms with Gasteiger partial charge in [0.05, 0.1) is 26.7 Å². The van der Waals surface area contributed by atoms with E-state index >= 15 is 0 Å². The van der Waals surface area contributed by atoms with Crippen molar-refractivity contribution in [1.29, 1.82) is 0 Å². The van der Waals surface area contributed by atoms with Gasteiger partial charge in [-0.1, -0.05) is 13.8 Å². The fourth-order valence-electron chi connectivity index (χ4n) is 3.24. The molecule has 0 N–H and O–H groups in total. The third kappa shape index (κ3) is 1.10. The summed E-state index contributed by atoms with van der Waals surface area (Å²) in [5.74, 6) is 1.03. The van der Waals surface area contributed by atoms with Gasteiger partial charge < -0.3 is 4.48 Å². The van der Waals surface area contributed by atoms with E-state index in [4.69, 9.17) is 0 Å². The Bertz CT molecular complexity index is 161. The molecule has 0 unspecified atom stereocenters. The van der Waals surface area contributed by atoms with Gasteiger partial charge in [-0.3, -0.25) is 0 Å². The molecule has 64 valence electrons. The maximum Gasteiger partial charge on any atom is 0.0839 e. The Kier molecular flexibility index (Phi) is 1.39. The summed E-state index contributed by atoms with van der Waals surface area (Å²) in [7, 11) is 2.43. The van der Waals surface area contributed by atoms with Gasteiger partial charge in [0.15, 0.2) is 0 Å². The number of hydrogen-bond acceptors (Lipinski definition) is 0. The highest BCUT2D eigenvalue weighted by Gasteiger charge is 2.47. The van der Waals surface area contributed by atoms with Crippen molar-refractivity contribution in [2.75, 3.05) is 26.7 Å². The summed E-state index contributed by atoms with van der Waals surface area (Å²) in [5.41, 5.74) is 0.630. The van der Waals surface area contributed by atoms with Crippen LogP contribution in [0, 0.1) is 11.3 Å². The largest absolute Gasteiger partial charge is 0.326 e. The molecule has 0 aliphatic carbocycles. The van der Waals surface area contributed by atoms with Gasteiger partial charge in [0.25, 0.3) is 0 Å². The Morgan fingerprint density at radius 3 is 2.00 bits per heavy atom. The van der Waals surface area contributed by atoms with Crippen molar-refractivity contribution in [2.24, 2.45) is 11.3 Å². The molecule has 0 radical (unpaired) electrons. The molecule has 0 aromatic heterocycles. The molecular formula is C10H20N+. The molecule has 3 aliphatic rings. The molecular weight excluding hydrogens is 134 g/mol.